The molecule has 32 heavy (non-hydrogen) atoms. The van der Waals surface area contributed by atoms with Crippen LogP contribution < -0.4 is 0 Å². The van der Waals surface area contributed by atoms with Crippen molar-refractivity contribution in [1.82, 2.24) is 0 Å². The number of aliphatic hydroxyl groups is 2. The molecule has 8 heteroatoms. The van der Waals surface area contributed by atoms with Gasteiger partial charge in [-0.3, -0.25) is 0 Å². The van der Waals surface area contributed by atoms with Crippen molar-refractivity contribution in [2.24, 2.45) is 11.8 Å². The van der Waals surface area contributed by atoms with Crippen LogP contribution in [0, 0.1) is 11.8 Å². The Bertz CT molecular complexity index is 461. The van der Waals surface area contributed by atoms with Crippen molar-refractivity contribution >= 4 is 70.6 Å². The second kappa shape index (κ2) is 16.0. The molecular weight excluding hydrogens is 513 g/mol. The lowest BCUT2D eigenvalue weighted by atomic mass is 9.84. The molecule has 188 valence electrons. The molecule has 3 rings (SSSR count). The van der Waals surface area contributed by atoms with Gasteiger partial charge >= 0.3 is 0 Å². The van der Waals surface area contributed by atoms with E-state index in [1.54, 1.807) is 0 Å². The topological polar surface area (TPSA) is 40.5 Å². The van der Waals surface area contributed by atoms with Crippen LogP contribution in [0.15, 0.2) is 0 Å². The maximum atomic E-state index is 9.49. The molecule has 3 fully saturated rings. The van der Waals surface area contributed by atoms with Gasteiger partial charge in [-0.1, -0.05) is 26.7 Å². The number of rotatable bonds is 14. The van der Waals surface area contributed by atoms with Gasteiger partial charge in [-0.05, 0) is 61.9 Å². The summed E-state index contributed by atoms with van der Waals surface area (Å²) in [6, 6.07) is 0. The zero-order valence-electron chi connectivity index (χ0n) is 19.9. The Hall–Kier alpha value is 2.02. The van der Waals surface area contributed by atoms with Crippen molar-refractivity contribution in [3.63, 3.8) is 0 Å². The fourth-order valence-electron chi connectivity index (χ4n) is 4.77. The van der Waals surface area contributed by atoms with Crippen LogP contribution in [-0.2, 0) is 0 Å². The summed E-state index contributed by atoms with van der Waals surface area (Å²) in [4.78, 5) is 0. The van der Waals surface area contributed by atoms with Crippen LogP contribution in [0.5, 0.6) is 0 Å². The summed E-state index contributed by atoms with van der Waals surface area (Å²) in [6.07, 6.45) is 10.9. The van der Waals surface area contributed by atoms with Gasteiger partial charge in [0.2, 0.25) is 0 Å². The summed E-state index contributed by atoms with van der Waals surface area (Å²) < 4.78 is 1.38. The molecule has 0 amide bonds. The van der Waals surface area contributed by atoms with Gasteiger partial charge in [-0.15, -0.1) is 47.0 Å². The van der Waals surface area contributed by atoms with E-state index < -0.39 is 0 Å². The highest BCUT2D eigenvalue weighted by Crippen LogP contribution is 2.47. The minimum absolute atomic E-state index is 0.346. The SMILES string of the molecule is CCCC(SCC1CCC(CSC(CCC)C2SCC(CO)S2)CC1)C1SCC(CO)S1. The number of hydrogen-bond donors (Lipinski definition) is 2. The molecule has 1 saturated carbocycles. The van der Waals surface area contributed by atoms with Crippen LogP contribution in [0.2, 0.25) is 0 Å². The highest BCUT2D eigenvalue weighted by atomic mass is 32.2. The molecule has 2 nitrogen and oxygen atoms in total. The third-order valence-electron chi connectivity index (χ3n) is 6.77. The van der Waals surface area contributed by atoms with Gasteiger partial charge < -0.3 is 10.2 Å². The Morgan fingerprint density at radius 3 is 1.44 bits per heavy atom. The average Bonchev–Trinajstić information content (AvgIpc) is 3.50. The van der Waals surface area contributed by atoms with Gasteiger partial charge in [0.25, 0.3) is 0 Å². The van der Waals surface area contributed by atoms with Crippen molar-refractivity contribution in [3.05, 3.63) is 0 Å². The van der Waals surface area contributed by atoms with Crippen LogP contribution in [0.1, 0.15) is 65.2 Å². The van der Waals surface area contributed by atoms with Crippen molar-refractivity contribution in [1.29, 1.82) is 0 Å². The molecular formula is C24H44O2S6. The lowest BCUT2D eigenvalue weighted by Crippen LogP contribution is -2.23. The second-order valence-electron chi connectivity index (χ2n) is 9.49. The van der Waals surface area contributed by atoms with E-state index in [2.05, 4.69) is 60.9 Å². The van der Waals surface area contributed by atoms with Gasteiger partial charge in [0.05, 0.1) is 22.4 Å². The third-order valence-corrected chi connectivity index (χ3v) is 17.7. The molecule has 6 unspecified atom stereocenters. The van der Waals surface area contributed by atoms with E-state index in [0.29, 0.717) is 32.9 Å². The first-order valence-corrected chi connectivity index (χ1v) is 18.7. The minimum atomic E-state index is 0.346. The summed E-state index contributed by atoms with van der Waals surface area (Å²) in [5.41, 5.74) is 0. The number of hydrogen-bond acceptors (Lipinski definition) is 8. The molecule has 0 aromatic rings. The Labute approximate surface area is 222 Å². The summed E-state index contributed by atoms with van der Waals surface area (Å²) in [5, 5.41) is 21.4. The molecule has 2 heterocycles. The van der Waals surface area contributed by atoms with Crippen molar-refractivity contribution < 1.29 is 10.2 Å². The van der Waals surface area contributed by atoms with Gasteiger partial charge in [0, 0.05) is 32.5 Å². The lowest BCUT2D eigenvalue weighted by molar-refractivity contribution is 0.301. The van der Waals surface area contributed by atoms with Gasteiger partial charge in [-0.2, -0.15) is 23.5 Å². The molecule has 3 aliphatic rings. The van der Waals surface area contributed by atoms with E-state index in [-0.39, 0.29) is 0 Å². The second-order valence-corrected chi connectivity index (χ2v) is 17.9. The highest BCUT2D eigenvalue weighted by molar-refractivity contribution is 8.22. The first-order chi connectivity index (χ1) is 15.7. The van der Waals surface area contributed by atoms with E-state index >= 15 is 0 Å². The van der Waals surface area contributed by atoms with E-state index in [4.69, 9.17) is 0 Å². The molecule has 2 N–H and O–H groups in total. The quantitative estimate of drug-likeness (QED) is 0.239. The number of thioether (sulfide) groups is 6. The van der Waals surface area contributed by atoms with Crippen LogP contribution in [0.4, 0.5) is 0 Å². The average molecular weight is 557 g/mol. The van der Waals surface area contributed by atoms with E-state index in [1.165, 1.54) is 62.9 Å². The minimum Gasteiger partial charge on any atom is -0.395 e. The van der Waals surface area contributed by atoms with Crippen LogP contribution in [0.25, 0.3) is 0 Å². The van der Waals surface area contributed by atoms with Crippen molar-refractivity contribution in [2.75, 3.05) is 36.2 Å². The smallest absolute Gasteiger partial charge is 0.0625 e. The predicted octanol–water partition coefficient (Wildman–Crippen LogP) is 6.93. The zero-order valence-corrected chi connectivity index (χ0v) is 24.8. The Balaban J connectivity index is 1.35. The van der Waals surface area contributed by atoms with Crippen molar-refractivity contribution in [2.45, 2.75) is 95.4 Å². The number of aliphatic hydroxyl groups excluding tert-OH is 2. The molecule has 6 atom stereocenters. The summed E-state index contributed by atoms with van der Waals surface area (Å²) in [6.45, 7) is 5.34. The summed E-state index contributed by atoms with van der Waals surface area (Å²) in [7, 11) is 0. The fraction of sp³-hybridized carbons (Fsp3) is 1.00. The van der Waals surface area contributed by atoms with Crippen LogP contribution >= 0.6 is 70.6 Å². The Morgan fingerprint density at radius 1 is 0.719 bits per heavy atom. The van der Waals surface area contributed by atoms with E-state index in [1.807, 2.05) is 23.5 Å². The predicted molar refractivity (Wildman–Crippen MR) is 157 cm³/mol. The largest absolute Gasteiger partial charge is 0.395 e. The molecule has 0 radical (unpaired) electrons. The van der Waals surface area contributed by atoms with E-state index in [0.717, 1.165) is 33.8 Å². The zero-order chi connectivity index (χ0) is 22.8. The standard InChI is InChI=1S/C24H44O2S6/c1-3-5-21(23-29-15-19(11-25)31-23)27-13-17-7-9-18(10-8-17)14-28-22(6-4-2)24-30-16-20(12-26)32-24/h17-26H,3-16H2,1-2H3. The third kappa shape index (κ3) is 9.15. The van der Waals surface area contributed by atoms with Crippen LogP contribution in [0.3, 0.4) is 0 Å². The molecule has 0 spiro atoms. The molecule has 0 aromatic carbocycles. The first kappa shape index (κ1) is 28.6. The van der Waals surface area contributed by atoms with Gasteiger partial charge in [-0.25, -0.2) is 0 Å². The van der Waals surface area contributed by atoms with E-state index in [9.17, 15) is 10.2 Å². The van der Waals surface area contributed by atoms with Gasteiger partial charge in [0.1, 0.15) is 0 Å². The highest BCUT2D eigenvalue weighted by Gasteiger charge is 2.34. The maximum absolute atomic E-state index is 9.49. The fourth-order valence-corrected chi connectivity index (χ4v) is 15.8. The molecule has 2 aliphatic heterocycles. The van der Waals surface area contributed by atoms with Gasteiger partial charge in [0.15, 0.2) is 0 Å². The Kier molecular flexibility index (Phi) is 14.3. The molecule has 0 bridgehead atoms. The normalized spacial score (nSPS) is 35.2. The monoisotopic (exact) mass is 556 g/mol. The molecule has 2 saturated heterocycles. The maximum Gasteiger partial charge on any atom is 0.0625 e. The summed E-state index contributed by atoms with van der Waals surface area (Å²) >= 11 is 12.8. The molecule has 0 aromatic heterocycles. The summed E-state index contributed by atoms with van der Waals surface area (Å²) in [5.74, 6) is 6.80. The first-order valence-electron chi connectivity index (χ1n) is 12.7. The Morgan fingerprint density at radius 2 is 1.12 bits per heavy atom. The lowest BCUT2D eigenvalue weighted by Gasteiger charge is -2.31. The van der Waals surface area contributed by atoms with Crippen LogP contribution in [-0.4, -0.2) is 76.6 Å². The molecule has 1 aliphatic carbocycles. The van der Waals surface area contributed by atoms with Crippen molar-refractivity contribution in [3.8, 4) is 0 Å².